The summed E-state index contributed by atoms with van der Waals surface area (Å²) in [4.78, 5) is 2.32. The topological polar surface area (TPSA) is 57.0 Å². The highest BCUT2D eigenvalue weighted by Gasteiger charge is 2.27. The predicted molar refractivity (Wildman–Crippen MR) is 76.2 cm³/mol. The average Bonchev–Trinajstić information content (AvgIpc) is 3.02. The Morgan fingerprint density at radius 1 is 1.25 bits per heavy atom. The Morgan fingerprint density at radius 3 is 2.75 bits per heavy atom. The summed E-state index contributed by atoms with van der Waals surface area (Å²) in [6.45, 7) is 3.43. The lowest BCUT2D eigenvalue weighted by Crippen LogP contribution is -2.39. The van der Waals surface area contributed by atoms with Crippen molar-refractivity contribution in [2.45, 2.75) is 18.5 Å². The first-order valence-corrected chi connectivity index (χ1v) is 7.19. The van der Waals surface area contributed by atoms with E-state index in [0.717, 1.165) is 31.1 Å². The Labute approximate surface area is 119 Å². The second-order valence-corrected chi connectivity index (χ2v) is 5.34. The number of hydrogen-bond donors (Lipinski definition) is 1. The van der Waals surface area contributed by atoms with E-state index in [2.05, 4.69) is 24.1 Å². The molecule has 0 radical (unpaired) electrons. The highest BCUT2D eigenvalue weighted by Crippen LogP contribution is 2.34. The first kappa shape index (κ1) is 13.7. The molecule has 1 aromatic carbocycles. The lowest BCUT2D eigenvalue weighted by atomic mass is 10.0. The molecule has 0 amide bonds. The molecule has 110 valence electrons. The number of benzene rings is 1. The van der Waals surface area contributed by atoms with Gasteiger partial charge in [0.2, 0.25) is 0 Å². The summed E-state index contributed by atoms with van der Waals surface area (Å²) in [5.74, 6) is 1.64. The summed E-state index contributed by atoms with van der Waals surface area (Å²) >= 11 is 0. The Morgan fingerprint density at radius 2 is 2.05 bits per heavy atom. The van der Waals surface area contributed by atoms with Crippen LogP contribution in [0.2, 0.25) is 0 Å². The number of nitrogens with zero attached hydrogens (tertiary/aromatic N) is 1. The Balaban J connectivity index is 1.81. The molecular formula is C15H22N2O3. The molecule has 20 heavy (non-hydrogen) atoms. The number of hydrogen-bond acceptors (Lipinski definition) is 5. The molecule has 2 aliphatic heterocycles. The van der Waals surface area contributed by atoms with Gasteiger partial charge < -0.3 is 19.9 Å². The summed E-state index contributed by atoms with van der Waals surface area (Å²) in [5.41, 5.74) is 7.17. The third kappa shape index (κ3) is 2.61. The van der Waals surface area contributed by atoms with Gasteiger partial charge in [0.15, 0.2) is 11.5 Å². The Bertz CT molecular complexity index is 460. The van der Waals surface area contributed by atoms with Crippen molar-refractivity contribution in [2.24, 2.45) is 5.73 Å². The fourth-order valence-electron chi connectivity index (χ4n) is 2.90. The predicted octanol–water partition coefficient (Wildman–Crippen LogP) is 1.18. The molecule has 0 spiro atoms. The third-order valence-electron chi connectivity index (χ3n) is 4.15. The minimum absolute atomic E-state index is 0.178. The smallest absolute Gasteiger partial charge is 0.161 e. The molecule has 1 saturated heterocycles. The molecule has 2 unspecified atom stereocenters. The molecule has 3 rings (SSSR count). The van der Waals surface area contributed by atoms with Gasteiger partial charge in [-0.15, -0.1) is 0 Å². The summed E-state index contributed by atoms with van der Waals surface area (Å²) in [6.07, 6.45) is 1.07. The lowest BCUT2D eigenvalue weighted by molar-refractivity contribution is 0.134. The first-order chi connectivity index (χ1) is 9.79. The Hall–Kier alpha value is -1.30. The standard InChI is InChI=1S/C15H22N2O3/c1-17(12-4-5-18-10-12)13(9-16)11-2-3-14-15(8-11)20-7-6-19-14/h2-3,8,12-13H,4-7,9-10,16H2,1H3. The van der Waals surface area contributed by atoms with Gasteiger partial charge >= 0.3 is 0 Å². The highest BCUT2D eigenvalue weighted by atomic mass is 16.6. The fourth-order valence-corrected chi connectivity index (χ4v) is 2.90. The van der Waals surface area contributed by atoms with Crippen LogP contribution in [0.4, 0.5) is 0 Å². The first-order valence-electron chi connectivity index (χ1n) is 7.19. The van der Waals surface area contributed by atoms with Crippen LogP contribution in [0.3, 0.4) is 0 Å². The highest BCUT2D eigenvalue weighted by molar-refractivity contribution is 5.44. The molecule has 1 fully saturated rings. The number of rotatable bonds is 4. The van der Waals surface area contributed by atoms with Crippen LogP contribution in [0.25, 0.3) is 0 Å². The van der Waals surface area contributed by atoms with Crippen LogP contribution in [-0.2, 0) is 4.74 Å². The number of nitrogens with two attached hydrogens (primary N) is 1. The van der Waals surface area contributed by atoms with Crippen LogP contribution in [0.1, 0.15) is 18.0 Å². The second-order valence-electron chi connectivity index (χ2n) is 5.34. The monoisotopic (exact) mass is 278 g/mol. The van der Waals surface area contributed by atoms with Gasteiger partial charge in [-0.05, 0) is 31.2 Å². The molecular weight excluding hydrogens is 256 g/mol. The maximum Gasteiger partial charge on any atom is 0.161 e. The van der Waals surface area contributed by atoms with Crippen LogP contribution in [0.5, 0.6) is 11.5 Å². The van der Waals surface area contributed by atoms with E-state index in [0.29, 0.717) is 25.8 Å². The van der Waals surface area contributed by atoms with Gasteiger partial charge in [-0.2, -0.15) is 0 Å². The van der Waals surface area contributed by atoms with Gasteiger partial charge in [-0.25, -0.2) is 0 Å². The normalized spacial score (nSPS) is 23.1. The van der Waals surface area contributed by atoms with E-state index in [1.54, 1.807) is 0 Å². The molecule has 2 aliphatic rings. The average molecular weight is 278 g/mol. The van der Waals surface area contributed by atoms with Crippen molar-refractivity contribution >= 4 is 0 Å². The van der Waals surface area contributed by atoms with Crippen molar-refractivity contribution in [1.82, 2.24) is 4.90 Å². The van der Waals surface area contributed by atoms with E-state index < -0.39 is 0 Å². The maximum absolute atomic E-state index is 5.99. The van der Waals surface area contributed by atoms with Crippen molar-refractivity contribution in [1.29, 1.82) is 0 Å². The van der Waals surface area contributed by atoms with Crippen LogP contribution in [-0.4, -0.2) is 51.0 Å². The van der Waals surface area contributed by atoms with E-state index in [1.165, 1.54) is 5.56 Å². The molecule has 2 heterocycles. The summed E-state index contributed by atoms with van der Waals surface area (Å²) < 4.78 is 16.7. The van der Waals surface area contributed by atoms with E-state index in [1.807, 2.05) is 6.07 Å². The van der Waals surface area contributed by atoms with E-state index >= 15 is 0 Å². The summed E-state index contributed by atoms with van der Waals surface area (Å²) in [5, 5.41) is 0. The third-order valence-corrected chi connectivity index (χ3v) is 4.15. The van der Waals surface area contributed by atoms with Crippen molar-refractivity contribution in [3.63, 3.8) is 0 Å². The molecule has 0 saturated carbocycles. The SMILES string of the molecule is CN(C1CCOC1)C(CN)c1ccc2c(c1)OCCO2. The summed E-state index contributed by atoms with van der Waals surface area (Å²) in [7, 11) is 2.12. The van der Waals surface area contributed by atoms with Crippen molar-refractivity contribution < 1.29 is 14.2 Å². The van der Waals surface area contributed by atoms with Crippen molar-refractivity contribution in [2.75, 3.05) is 40.0 Å². The van der Waals surface area contributed by atoms with Gasteiger partial charge in [0.05, 0.1) is 6.61 Å². The van der Waals surface area contributed by atoms with Crippen LogP contribution in [0, 0.1) is 0 Å². The molecule has 2 N–H and O–H groups in total. The van der Waals surface area contributed by atoms with Crippen LogP contribution >= 0.6 is 0 Å². The number of fused-ring (bicyclic) bond motifs is 1. The molecule has 0 bridgehead atoms. The van der Waals surface area contributed by atoms with Gasteiger partial charge in [0.25, 0.3) is 0 Å². The number of ether oxygens (including phenoxy) is 3. The molecule has 2 atom stereocenters. The second kappa shape index (κ2) is 5.99. The minimum Gasteiger partial charge on any atom is -0.486 e. The van der Waals surface area contributed by atoms with Crippen molar-refractivity contribution in [3.8, 4) is 11.5 Å². The number of likely N-dealkylation sites (N-methyl/N-ethyl adjacent to an activating group) is 1. The zero-order valence-corrected chi connectivity index (χ0v) is 11.9. The maximum atomic E-state index is 5.99. The summed E-state index contributed by atoms with van der Waals surface area (Å²) in [6, 6.07) is 6.73. The zero-order chi connectivity index (χ0) is 13.9. The Kier molecular flexibility index (Phi) is 4.10. The van der Waals surface area contributed by atoms with Gasteiger partial charge in [0.1, 0.15) is 13.2 Å². The van der Waals surface area contributed by atoms with E-state index in [9.17, 15) is 0 Å². The molecule has 5 nitrogen and oxygen atoms in total. The van der Waals surface area contributed by atoms with Gasteiger partial charge in [0, 0.05) is 25.2 Å². The zero-order valence-electron chi connectivity index (χ0n) is 11.9. The fraction of sp³-hybridized carbons (Fsp3) is 0.600. The van der Waals surface area contributed by atoms with E-state index in [-0.39, 0.29) is 6.04 Å². The minimum atomic E-state index is 0.178. The van der Waals surface area contributed by atoms with E-state index in [4.69, 9.17) is 19.9 Å². The quantitative estimate of drug-likeness (QED) is 0.896. The van der Waals surface area contributed by atoms with Gasteiger partial charge in [-0.3, -0.25) is 4.90 Å². The molecule has 0 aliphatic carbocycles. The van der Waals surface area contributed by atoms with Crippen LogP contribution in [0.15, 0.2) is 18.2 Å². The molecule has 1 aromatic rings. The van der Waals surface area contributed by atoms with Crippen LogP contribution < -0.4 is 15.2 Å². The molecule has 5 heteroatoms. The van der Waals surface area contributed by atoms with Gasteiger partial charge in [-0.1, -0.05) is 6.07 Å². The molecule has 0 aromatic heterocycles. The lowest BCUT2D eigenvalue weighted by Gasteiger charge is -2.32. The van der Waals surface area contributed by atoms with Crippen molar-refractivity contribution in [3.05, 3.63) is 23.8 Å². The largest absolute Gasteiger partial charge is 0.486 e.